The lowest BCUT2D eigenvalue weighted by Gasteiger charge is -2.24. The molecule has 0 saturated carbocycles. The Morgan fingerprint density at radius 2 is 0.333 bits per heavy atom. The first-order chi connectivity index (χ1) is 49.7. The van der Waals surface area contributed by atoms with Gasteiger partial charge in [-0.2, -0.15) is 0 Å². The van der Waals surface area contributed by atoms with Crippen molar-refractivity contribution in [1.29, 1.82) is 0 Å². The maximum absolute atomic E-state index is 6.62. The zero-order valence-corrected chi connectivity index (χ0v) is 70.4. The second-order valence-corrected chi connectivity index (χ2v) is 66.1. The van der Waals surface area contributed by atoms with Crippen LogP contribution in [-0.4, -0.2) is 68.8 Å². The molecule has 6 nitrogen and oxygen atoms in total. The molecule has 3 heterocycles. The number of allylic oxidation sites excluding steroid dienone is 6. The third kappa shape index (κ3) is 13.8. The van der Waals surface area contributed by atoms with E-state index in [0.29, 0.717) is 0 Å². The van der Waals surface area contributed by atoms with Crippen LogP contribution in [0.15, 0.2) is 216 Å². The van der Waals surface area contributed by atoms with E-state index in [4.69, 9.17) is 28.4 Å². The van der Waals surface area contributed by atoms with E-state index >= 15 is 0 Å². The first kappa shape index (κ1) is 70.1. The Labute approximate surface area is 626 Å². The van der Waals surface area contributed by atoms with Gasteiger partial charge in [0.1, 0.15) is 34.5 Å². The smallest absolute Gasteiger partial charge is 0.230 e. The number of benzene rings is 12. The minimum absolute atomic E-state index is 0.114. The lowest BCUT2D eigenvalue weighted by Crippen LogP contribution is -2.19. The molecule has 0 fully saturated rings. The van der Waals surface area contributed by atoms with Crippen molar-refractivity contribution >= 4 is 147 Å². The van der Waals surface area contributed by atoms with Crippen LogP contribution in [0.2, 0.25) is 118 Å². The van der Waals surface area contributed by atoms with Crippen LogP contribution in [0.4, 0.5) is 0 Å². The van der Waals surface area contributed by atoms with Crippen molar-refractivity contribution in [1.82, 2.24) is 0 Å². The fourth-order valence-corrected chi connectivity index (χ4v) is 23.2. The second-order valence-electron chi connectivity index (χ2n) is 36.0. The standard InChI is InChI=1S/C93H96O6Si6/c1-100(2,3)49-76-64-19-31-70-58(43-64)25-37-82-88(70)90-72-33-21-66(45-60(72)27-39-84(90)96-55-94-82)78(51-102(7,8)9)80(53-104(13,14)15)68-23-35-74-62(47-68)29-41-86-92(74)93-75-36-24-69(48-63(75)30-42-87(93)99-57-98-86)81(54-105(16,17)18)79(52-103(10,11)12)67-22-34-73-61(46-67)28-40-85-91(73)89-71-32-20-65(77(76)50-101(4,5)6)44-59(71)26-38-83(89)95-56-97-85/h19-54H,55-57H2,1-18H3/b76-49+,77-50+,78-51+,79-52+,80-53+,81-54+. The van der Waals surface area contributed by atoms with Gasteiger partial charge in [-0.1, -0.05) is 261 Å². The summed E-state index contributed by atoms with van der Waals surface area (Å²) in [7, 11) is -11.5. The van der Waals surface area contributed by atoms with Crippen molar-refractivity contribution < 1.29 is 28.4 Å². The first-order valence-corrected chi connectivity index (χ1v) is 58.8. The molecule has 24 bridgehead atoms. The van der Waals surface area contributed by atoms with Gasteiger partial charge < -0.3 is 28.4 Å². The largest absolute Gasteiger partial charge is 0.457 e. The minimum atomic E-state index is -1.91. The minimum Gasteiger partial charge on any atom is -0.457 e. The van der Waals surface area contributed by atoms with Crippen molar-refractivity contribution in [2.45, 2.75) is 118 Å². The van der Waals surface area contributed by atoms with Crippen LogP contribution >= 0.6 is 0 Å². The third-order valence-electron chi connectivity index (χ3n) is 20.1. The highest BCUT2D eigenvalue weighted by Crippen LogP contribution is 2.54. The van der Waals surface area contributed by atoms with E-state index in [2.05, 4.69) is 334 Å². The number of ether oxygens (including phenoxy) is 6. The molecule has 21 aliphatic rings. The van der Waals surface area contributed by atoms with Crippen LogP contribution in [0.1, 0.15) is 33.4 Å². The van der Waals surface area contributed by atoms with E-state index in [1.807, 2.05) is 0 Å². The highest BCUT2D eigenvalue weighted by molar-refractivity contribution is 6.85. The molecule has 105 heavy (non-hydrogen) atoms. The van der Waals surface area contributed by atoms with E-state index in [-0.39, 0.29) is 20.4 Å². The lowest BCUT2D eigenvalue weighted by molar-refractivity contribution is 0.124. The van der Waals surface area contributed by atoms with Gasteiger partial charge in [0.2, 0.25) is 20.4 Å². The molecule has 18 aliphatic carbocycles. The summed E-state index contributed by atoms with van der Waals surface area (Å²) >= 11 is 0. The van der Waals surface area contributed by atoms with Gasteiger partial charge in [0, 0.05) is 33.4 Å². The quantitative estimate of drug-likeness (QED) is 0.155. The van der Waals surface area contributed by atoms with Crippen molar-refractivity contribution in [3.63, 3.8) is 0 Å². The van der Waals surface area contributed by atoms with Gasteiger partial charge in [-0.3, -0.25) is 0 Å². The summed E-state index contributed by atoms with van der Waals surface area (Å²) in [6.45, 7) is 44.6. The van der Waals surface area contributed by atoms with Gasteiger partial charge in [-0.25, -0.2) is 0 Å². The fourth-order valence-electron chi connectivity index (χ4n) is 16.1. The van der Waals surface area contributed by atoms with E-state index in [1.165, 1.54) is 66.8 Å². The molecule has 0 N–H and O–H groups in total. The Balaban J connectivity index is 0.968. The van der Waals surface area contributed by atoms with Gasteiger partial charge in [0.25, 0.3) is 0 Å². The van der Waals surface area contributed by atoms with Crippen molar-refractivity contribution in [2.24, 2.45) is 0 Å². The van der Waals surface area contributed by atoms with Crippen molar-refractivity contribution in [3.05, 3.63) is 250 Å². The first-order valence-electron chi connectivity index (χ1n) is 37.3. The summed E-state index contributed by atoms with van der Waals surface area (Å²) in [5.74, 6) is 4.88. The Bertz CT molecular complexity index is 4950. The summed E-state index contributed by atoms with van der Waals surface area (Å²) in [6, 6.07) is 69.4. The topological polar surface area (TPSA) is 55.4 Å². The molecule has 0 saturated heterocycles. The summed E-state index contributed by atoms with van der Waals surface area (Å²) in [5.41, 5.74) is 36.9. The summed E-state index contributed by atoms with van der Waals surface area (Å²) in [6.07, 6.45) is 0. The molecule has 0 atom stereocenters. The van der Waals surface area contributed by atoms with E-state index in [1.54, 1.807) is 0 Å². The third-order valence-corrected chi connectivity index (χ3v) is 27.1. The molecule has 528 valence electrons. The van der Waals surface area contributed by atoms with Crippen molar-refractivity contribution in [2.75, 3.05) is 20.4 Å². The molecule has 0 radical (unpaired) electrons. The fraction of sp³-hybridized carbons (Fsp3) is 0.226. The number of hydrogen-bond donors (Lipinski definition) is 0. The summed E-state index contributed by atoms with van der Waals surface area (Å²) in [4.78, 5) is 0. The number of hydrogen-bond acceptors (Lipinski definition) is 6. The molecule has 0 aromatic heterocycles. The maximum Gasteiger partial charge on any atom is 0.230 e. The predicted molar refractivity (Wildman–Crippen MR) is 467 cm³/mol. The van der Waals surface area contributed by atoms with Gasteiger partial charge in [-0.05, 0) is 204 Å². The van der Waals surface area contributed by atoms with E-state index < -0.39 is 48.4 Å². The highest BCUT2D eigenvalue weighted by atomic mass is 28.3. The predicted octanol–water partition coefficient (Wildman–Crippen LogP) is 26.8. The zero-order chi connectivity index (χ0) is 73.6. The van der Waals surface area contributed by atoms with Crippen molar-refractivity contribution in [3.8, 4) is 67.9 Å². The van der Waals surface area contributed by atoms with Crippen LogP contribution in [0.25, 0.3) is 131 Å². The van der Waals surface area contributed by atoms with Gasteiger partial charge in [0.15, 0.2) is 0 Å². The van der Waals surface area contributed by atoms with E-state index in [0.717, 1.165) is 133 Å². The molecule has 12 heteroatoms. The zero-order valence-electron chi connectivity index (χ0n) is 64.4. The Morgan fingerprint density at radius 3 is 0.467 bits per heavy atom. The van der Waals surface area contributed by atoms with Crippen LogP contribution < -0.4 is 28.4 Å². The van der Waals surface area contributed by atoms with Crippen LogP contribution in [0, 0.1) is 0 Å². The van der Waals surface area contributed by atoms with Gasteiger partial charge >= 0.3 is 0 Å². The number of rotatable bonds is 6. The average Bonchev–Trinajstić information content (AvgIpc) is 1.69. The molecule has 0 spiro atoms. The summed E-state index contributed by atoms with van der Waals surface area (Å²) in [5, 5.41) is 13.6. The average molecular weight is 1480 g/mol. The Morgan fingerprint density at radius 1 is 0.190 bits per heavy atom. The Hall–Kier alpha value is -9.26. The molecule has 12 aromatic carbocycles. The van der Waals surface area contributed by atoms with Crippen LogP contribution in [0.5, 0.6) is 34.5 Å². The lowest BCUT2D eigenvalue weighted by atomic mass is 9.86. The molecule has 33 rings (SSSR count). The van der Waals surface area contributed by atoms with Crippen LogP contribution in [0.3, 0.4) is 0 Å². The molecular formula is C93H96O6Si6. The van der Waals surface area contributed by atoms with Gasteiger partial charge in [-0.15, -0.1) is 0 Å². The highest BCUT2D eigenvalue weighted by Gasteiger charge is 2.31. The second kappa shape index (κ2) is 25.8. The SMILES string of the molecule is C[Si](C)(C)/C=C1/C(=C/[Si](C)(C)C)c2ccc3c4c(ccc3c2)OCOc2ccc3cc(ccc3c2-4)C(=C\[Si](C)(C)C)/C(=C/[Si](C)(C)C)c2ccc3c4c(ccc3c2)OCOc2ccc3cc(ccc3c2-4)C(=C\[Si](C)(C)C)/C(=C/[Si](C)(C)C)c2ccc3c4c(ccc3c2)OCOc2ccc3cc1ccc3c2-4. The normalized spacial score (nSPS) is 17.3. The van der Waals surface area contributed by atoms with Crippen LogP contribution in [-0.2, 0) is 0 Å². The monoisotopic (exact) mass is 1480 g/mol. The molecule has 0 amide bonds. The maximum atomic E-state index is 6.62. The molecule has 12 aromatic rings. The summed E-state index contributed by atoms with van der Waals surface area (Å²) < 4.78 is 39.7. The van der Waals surface area contributed by atoms with E-state index in [9.17, 15) is 0 Å². The molecular weight excluding hydrogens is 1380 g/mol. The molecule has 3 aliphatic heterocycles. The Kier molecular flexibility index (Phi) is 17.2. The molecule has 0 unspecified atom stereocenters. The van der Waals surface area contributed by atoms with Gasteiger partial charge in [0.05, 0.1) is 48.4 Å².